The SMILES string of the molecule is CC(C)C(NC(=O)c1cccc(S(=O)(=O)N2CCOCC2)c1)C(=O)NC1CCN(C2CC2)CC1. The number of rotatable bonds is 8. The smallest absolute Gasteiger partial charge is 0.251 e. The second-order valence-corrected chi connectivity index (χ2v) is 11.7. The van der Waals surface area contributed by atoms with Crippen molar-refractivity contribution < 1.29 is 22.7 Å². The third-order valence-electron chi connectivity index (χ3n) is 6.88. The quantitative estimate of drug-likeness (QED) is 0.565. The molecule has 4 rings (SSSR count). The molecule has 188 valence electrons. The molecule has 2 saturated heterocycles. The fourth-order valence-corrected chi connectivity index (χ4v) is 6.09. The van der Waals surface area contributed by atoms with Crippen LogP contribution >= 0.6 is 0 Å². The van der Waals surface area contributed by atoms with Gasteiger partial charge < -0.3 is 20.3 Å². The van der Waals surface area contributed by atoms with Gasteiger partial charge in [-0.15, -0.1) is 0 Å². The molecule has 0 bridgehead atoms. The van der Waals surface area contributed by atoms with Crippen molar-refractivity contribution in [2.75, 3.05) is 39.4 Å². The molecule has 3 fully saturated rings. The van der Waals surface area contributed by atoms with Crippen molar-refractivity contribution >= 4 is 21.8 Å². The molecule has 1 atom stereocenters. The standard InChI is InChI=1S/C24H36N4O5S/c1-17(2)22(24(30)25-19-8-10-27(11-9-19)20-6-7-20)26-23(29)18-4-3-5-21(16-18)34(31,32)28-12-14-33-15-13-28/h3-5,16-17,19-20,22H,6-15H2,1-2H3,(H,25,30)(H,26,29). The first-order valence-electron chi connectivity index (χ1n) is 12.3. The summed E-state index contributed by atoms with van der Waals surface area (Å²) in [6.07, 6.45) is 4.41. The lowest BCUT2D eigenvalue weighted by Gasteiger charge is -2.33. The Labute approximate surface area is 202 Å². The highest BCUT2D eigenvalue weighted by atomic mass is 32.2. The number of ether oxygens (including phenoxy) is 1. The van der Waals surface area contributed by atoms with Crippen molar-refractivity contribution in [3.05, 3.63) is 29.8 Å². The third-order valence-corrected chi connectivity index (χ3v) is 8.77. The highest BCUT2D eigenvalue weighted by molar-refractivity contribution is 7.89. The van der Waals surface area contributed by atoms with Gasteiger partial charge in [-0.25, -0.2) is 8.42 Å². The Morgan fingerprint density at radius 1 is 1.03 bits per heavy atom. The molecule has 34 heavy (non-hydrogen) atoms. The number of sulfonamides is 1. The number of nitrogens with zero attached hydrogens (tertiary/aromatic N) is 2. The zero-order chi connectivity index (χ0) is 24.3. The Bertz CT molecular complexity index is 981. The minimum absolute atomic E-state index is 0.0648. The molecular weight excluding hydrogens is 456 g/mol. The summed E-state index contributed by atoms with van der Waals surface area (Å²) in [6, 6.07) is 6.14. The van der Waals surface area contributed by atoms with Crippen LogP contribution in [0.25, 0.3) is 0 Å². The Morgan fingerprint density at radius 2 is 1.71 bits per heavy atom. The van der Waals surface area contributed by atoms with Crippen LogP contribution in [0.3, 0.4) is 0 Å². The summed E-state index contributed by atoms with van der Waals surface area (Å²) < 4.78 is 32.5. The first-order valence-corrected chi connectivity index (χ1v) is 13.7. The van der Waals surface area contributed by atoms with Crippen LogP contribution in [-0.4, -0.2) is 87.0 Å². The van der Waals surface area contributed by atoms with E-state index in [1.165, 1.54) is 29.3 Å². The molecule has 9 nitrogen and oxygen atoms in total. The number of carbonyl (C=O) groups excluding carboxylic acids is 2. The Kier molecular flexibility index (Phi) is 7.91. The number of likely N-dealkylation sites (tertiary alicyclic amines) is 1. The van der Waals surface area contributed by atoms with Crippen molar-refractivity contribution in [2.24, 2.45) is 5.92 Å². The van der Waals surface area contributed by atoms with Crippen molar-refractivity contribution in [3.63, 3.8) is 0 Å². The molecule has 1 saturated carbocycles. The summed E-state index contributed by atoms with van der Waals surface area (Å²) >= 11 is 0. The van der Waals surface area contributed by atoms with Gasteiger partial charge in [-0.05, 0) is 49.8 Å². The highest BCUT2D eigenvalue weighted by Crippen LogP contribution is 2.29. The summed E-state index contributed by atoms with van der Waals surface area (Å²) in [5, 5.41) is 5.95. The average Bonchev–Trinajstić information content (AvgIpc) is 3.69. The van der Waals surface area contributed by atoms with Crippen molar-refractivity contribution in [1.82, 2.24) is 19.8 Å². The minimum Gasteiger partial charge on any atom is -0.379 e. The molecule has 1 aromatic carbocycles. The van der Waals surface area contributed by atoms with Crippen LogP contribution in [-0.2, 0) is 19.6 Å². The molecule has 0 radical (unpaired) electrons. The number of morpholine rings is 1. The summed E-state index contributed by atoms with van der Waals surface area (Å²) in [7, 11) is -3.71. The number of benzene rings is 1. The topological polar surface area (TPSA) is 108 Å². The molecule has 10 heteroatoms. The van der Waals surface area contributed by atoms with Crippen LogP contribution in [0.1, 0.15) is 49.9 Å². The van der Waals surface area contributed by atoms with E-state index in [0.29, 0.717) is 13.2 Å². The fourth-order valence-electron chi connectivity index (χ4n) is 4.63. The van der Waals surface area contributed by atoms with Gasteiger partial charge in [-0.2, -0.15) is 4.31 Å². The van der Waals surface area contributed by atoms with Gasteiger partial charge >= 0.3 is 0 Å². The second-order valence-electron chi connectivity index (χ2n) is 9.79. The lowest BCUT2D eigenvalue weighted by molar-refractivity contribution is -0.125. The van der Waals surface area contributed by atoms with E-state index in [2.05, 4.69) is 15.5 Å². The van der Waals surface area contributed by atoms with E-state index in [1.807, 2.05) is 13.8 Å². The fraction of sp³-hybridized carbons (Fsp3) is 0.667. The van der Waals surface area contributed by atoms with E-state index in [1.54, 1.807) is 12.1 Å². The van der Waals surface area contributed by atoms with Gasteiger partial charge in [0.05, 0.1) is 18.1 Å². The van der Waals surface area contributed by atoms with Gasteiger partial charge in [0.2, 0.25) is 15.9 Å². The van der Waals surface area contributed by atoms with E-state index < -0.39 is 22.0 Å². The molecule has 2 aliphatic heterocycles. The number of hydrogen-bond donors (Lipinski definition) is 2. The lowest BCUT2D eigenvalue weighted by atomic mass is 10.00. The number of carbonyl (C=O) groups is 2. The van der Waals surface area contributed by atoms with E-state index in [-0.39, 0.29) is 41.4 Å². The van der Waals surface area contributed by atoms with Crippen LogP contribution < -0.4 is 10.6 Å². The molecule has 2 amide bonds. The van der Waals surface area contributed by atoms with E-state index in [0.717, 1.165) is 32.0 Å². The van der Waals surface area contributed by atoms with Crippen molar-refractivity contribution in [2.45, 2.75) is 62.6 Å². The Morgan fingerprint density at radius 3 is 2.32 bits per heavy atom. The van der Waals surface area contributed by atoms with Gasteiger partial charge in [-0.3, -0.25) is 9.59 Å². The monoisotopic (exact) mass is 492 g/mol. The van der Waals surface area contributed by atoms with E-state index >= 15 is 0 Å². The van der Waals surface area contributed by atoms with Crippen LogP contribution in [0.2, 0.25) is 0 Å². The minimum atomic E-state index is -3.71. The predicted octanol–water partition coefficient (Wildman–Crippen LogP) is 1.20. The van der Waals surface area contributed by atoms with Gasteiger partial charge in [-0.1, -0.05) is 19.9 Å². The molecule has 1 unspecified atom stereocenters. The number of nitrogens with one attached hydrogen (secondary N) is 2. The lowest BCUT2D eigenvalue weighted by Crippen LogP contribution is -2.54. The van der Waals surface area contributed by atoms with Gasteiger partial charge in [0.25, 0.3) is 5.91 Å². The summed E-state index contributed by atoms with van der Waals surface area (Å²) in [5.74, 6) is -0.766. The third kappa shape index (κ3) is 5.97. The first-order chi connectivity index (χ1) is 16.3. The largest absolute Gasteiger partial charge is 0.379 e. The average molecular weight is 493 g/mol. The van der Waals surface area contributed by atoms with Crippen LogP contribution in [0.15, 0.2) is 29.2 Å². The number of hydrogen-bond acceptors (Lipinski definition) is 6. The zero-order valence-corrected chi connectivity index (χ0v) is 20.9. The summed E-state index contributed by atoms with van der Waals surface area (Å²) in [6.45, 7) is 7.05. The number of amides is 2. The molecule has 2 N–H and O–H groups in total. The molecule has 1 aromatic rings. The molecule has 0 spiro atoms. The van der Waals surface area contributed by atoms with Crippen LogP contribution in [0, 0.1) is 5.92 Å². The Balaban J connectivity index is 1.38. The van der Waals surface area contributed by atoms with Gasteiger partial charge in [0.15, 0.2) is 0 Å². The molecule has 3 aliphatic rings. The van der Waals surface area contributed by atoms with Gasteiger partial charge in [0.1, 0.15) is 6.04 Å². The molecule has 2 heterocycles. The van der Waals surface area contributed by atoms with E-state index in [4.69, 9.17) is 4.74 Å². The molecular formula is C24H36N4O5S. The van der Waals surface area contributed by atoms with Gasteiger partial charge in [0, 0.05) is 43.8 Å². The maximum Gasteiger partial charge on any atom is 0.251 e. The highest BCUT2D eigenvalue weighted by Gasteiger charge is 2.34. The second kappa shape index (κ2) is 10.7. The van der Waals surface area contributed by atoms with Crippen molar-refractivity contribution in [3.8, 4) is 0 Å². The molecule has 0 aromatic heterocycles. The maximum absolute atomic E-state index is 13.0. The van der Waals surface area contributed by atoms with Crippen molar-refractivity contribution in [1.29, 1.82) is 0 Å². The van der Waals surface area contributed by atoms with Crippen LogP contribution in [0.5, 0.6) is 0 Å². The maximum atomic E-state index is 13.0. The van der Waals surface area contributed by atoms with Crippen LogP contribution in [0.4, 0.5) is 0 Å². The molecule has 1 aliphatic carbocycles. The van der Waals surface area contributed by atoms with E-state index in [9.17, 15) is 18.0 Å². The summed E-state index contributed by atoms with van der Waals surface area (Å²) in [5.41, 5.74) is 0.213. The Hall–Kier alpha value is -2.01. The normalized spacial score (nSPS) is 21.9. The predicted molar refractivity (Wildman–Crippen MR) is 128 cm³/mol. The summed E-state index contributed by atoms with van der Waals surface area (Å²) in [4.78, 5) is 28.6. The number of piperidine rings is 1. The zero-order valence-electron chi connectivity index (χ0n) is 20.0. The first kappa shape index (κ1) is 25.1.